The van der Waals surface area contributed by atoms with E-state index < -0.39 is 15.9 Å². The number of benzene rings is 2. The number of sulfonamides is 1. The summed E-state index contributed by atoms with van der Waals surface area (Å²) in [6.07, 6.45) is -0.140. The van der Waals surface area contributed by atoms with Crippen LogP contribution in [0.4, 0.5) is 0 Å². The monoisotopic (exact) mass is 355 g/mol. The van der Waals surface area contributed by atoms with Crippen molar-refractivity contribution in [3.8, 4) is 0 Å². The van der Waals surface area contributed by atoms with Crippen LogP contribution in [0.15, 0.2) is 63.9 Å². The van der Waals surface area contributed by atoms with Gasteiger partial charge >= 0.3 is 0 Å². The van der Waals surface area contributed by atoms with Crippen LogP contribution < -0.4 is 0 Å². The number of hydrogen-bond donors (Lipinski definition) is 0. The van der Waals surface area contributed by atoms with Crippen LogP contribution in [0.3, 0.4) is 0 Å². The molecule has 0 radical (unpaired) electrons. The summed E-state index contributed by atoms with van der Waals surface area (Å²) in [7, 11) is -3.90. The van der Waals surface area contributed by atoms with Gasteiger partial charge in [0.05, 0.1) is 5.56 Å². The van der Waals surface area contributed by atoms with Crippen molar-refractivity contribution in [2.24, 2.45) is 0 Å². The molecule has 0 spiro atoms. The van der Waals surface area contributed by atoms with Crippen LogP contribution in [0.5, 0.6) is 0 Å². The summed E-state index contributed by atoms with van der Waals surface area (Å²) >= 11 is 0. The Morgan fingerprint density at radius 3 is 2.52 bits per heavy atom. The van der Waals surface area contributed by atoms with Crippen LogP contribution in [0.2, 0.25) is 0 Å². The average Bonchev–Trinajstić information content (AvgIpc) is 3.12. The normalized spacial score (nSPS) is 15.5. The summed E-state index contributed by atoms with van der Waals surface area (Å²) in [4.78, 5) is 24.6. The largest absolute Gasteiger partial charge is 0.453 e. The molecule has 3 aromatic rings. The Balaban J connectivity index is 1.55. The molecule has 1 amide bonds. The smallest absolute Gasteiger partial charge is 0.269 e. The Bertz CT molecular complexity index is 1080. The van der Waals surface area contributed by atoms with E-state index in [2.05, 4.69) is 0 Å². The molecule has 0 fully saturated rings. The number of ketones is 1. The highest BCUT2D eigenvalue weighted by Crippen LogP contribution is 2.30. The third-order valence-electron chi connectivity index (χ3n) is 4.15. The minimum Gasteiger partial charge on any atom is -0.453 e. The number of hydrogen-bond acceptors (Lipinski definition) is 5. The number of para-hydroxylation sites is 1. The Kier molecular flexibility index (Phi) is 3.47. The van der Waals surface area contributed by atoms with Gasteiger partial charge in [0, 0.05) is 18.4 Å². The molecule has 0 atom stereocenters. The number of amides is 1. The lowest BCUT2D eigenvalue weighted by Gasteiger charge is -2.13. The van der Waals surface area contributed by atoms with E-state index in [0.717, 1.165) is 9.69 Å². The second-order valence-corrected chi connectivity index (χ2v) is 7.53. The van der Waals surface area contributed by atoms with Crippen LogP contribution in [0.25, 0.3) is 11.0 Å². The lowest BCUT2D eigenvalue weighted by atomic mass is 10.2. The maximum Gasteiger partial charge on any atom is 0.269 e. The van der Waals surface area contributed by atoms with Gasteiger partial charge in [-0.15, -0.1) is 0 Å². The van der Waals surface area contributed by atoms with Crippen LogP contribution in [0.1, 0.15) is 27.3 Å². The van der Waals surface area contributed by atoms with Crippen molar-refractivity contribution in [2.75, 3.05) is 6.54 Å². The molecule has 0 unspecified atom stereocenters. The molecule has 0 saturated carbocycles. The fourth-order valence-electron chi connectivity index (χ4n) is 2.90. The molecular formula is C18H13NO5S. The van der Waals surface area contributed by atoms with E-state index in [-0.39, 0.29) is 35.0 Å². The van der Waals surface area contributed by atoms with Crippen LogP contribution in [-0.4, -0.2) is 31.0 Å². The molecule has 2 aromatic carbocycles. The van der Waals surface area contributed by atoms with Gasteiger partial charge in [-0.2, -0.15) is 0 Å². The predicted molar refractivity (Wildman–Crippen MR) is 89.8 cm³/mol. The number of carbonyl (C=O) groups is 2. The summed E-state index contributed by atoms with van der Waals surface area (Å²) in [5, 5.41) is 0.795. The second-order valence-electron chi connectivity index (χ2n) is 5.70. The van der Waals surface area contributed by atoms with Gasteiger partial charge < -0.3 is 4.42 Å². The number of fused-ring (bicyclic) bond motifs is 2. The molecule has 6 nitrogen and oxygen atoms in total. The van der Waals surface area contributed by atoms with E-state index in [1.165, 1.54) is 12.1 Å². The number of furan rings is 1. The first-order valence-corrected chi connectivity index (χ1v) is 9.10. The highest BCUT2D eigenvalue weighted by molar-refractivity contribution is 7.90. The molecule has 126 valence electrons. The van der Waals surface area contributed by atoms with E-state index in [4.69, 9.17) is 4.42 Å². The average molecular weight is 355 g/mol. The molecule has 2 heterocycles. The Morgan fingerprint density at radius 1 is 1.04 bits per heavy atom. The van der Waals surface area contributed by atoms with Gasteiger partial charge in [-0.3, -0.25) is 9.59 Å². The third kappa shape index (κ3) is 2.44. The van der Waals surface area contributed by atoms with E-state index in [9.17, 15) is 18.0 Å². The first-order chi connectivity index (χ1) is 12.0. The van der Waals surface area contributed by atoms with Gasteiger partial charge in [0.2, 0.25) is 0 Å². The molecule has 25 heavy (non-hydrogen) atoms. The maximum absolute atomic E-state index is 12.5. The third-order valence-corrected chi connectivity index (χ3v) is 5.99. The van der Waals surface area contributed by atoms with Crippen molar-refractivity contribution in [3.05, 3.63) is 65.9 Å². The lowest BCUT2D eigenvalue weighted by molar-refractivity contribution is 0.0856. The molecule has 1 aromatic heterocycles. The van der Waals surface area contributed by atoms with Crippen molar-refractivity contribution < 1.29 is 22.4 Å². The van der Waals surface area contributed by atoms with Gasteiger partial charge in [-0.05, 0) is 24.3 Å². The topological polar surface area (TPSA) is 84.7 Å². The van der Waals surface area contributed by atoms with Crippen LogP contribution >= 0.6 is 0 Å². The Hall–Kier alpha value is -2.93. The summed E-state index contributed by atoms with van der Waals surface area (Å²) in [5.41, 5.74) is 0.724. The number of rotatable bonds is 4. The van der Waals surface area contributed by atoms with Crippen molar-refractivity contribution >= 4 is 32.7 Å². The first-order valence-electron chi connectivity index (χ1n) is 7.66. The molecule has 0 bridgehead atoms. The number of nitrogens with zero attached hydrogens (tertiary/aromatic N) is 1. The quantitative estimate of drug-likeness (QED) is 0.672. The SMILES string of the molecule is O=C(CCN1C(=O)c2ccccc2S1(=O)=O)c1cc2ccccc2o1. The van der Waals surface area contributed by atoms with E-state index >= 15 is 0 Å². The zero-order valence-corrected chi connectivity index (χ0v) is 13.8. The minimum absolute atomic E-state index is 0.0174. The maximum atomic E-state index is 12.5. The van der Waals surface area contributed by atoms with Crippen molar-refractivity contribution in [2.45, 2.75) is 11.3 Å². The molecule has 7 heteroatoms. The molecular weight excluding hydrogens is 342 g/mol. The highest BCUT2D eigenvalue weighted by atomic mass is 32.2. The Morgan fingerprint density at radius 2 is 1.76 bits per heavy atom. The highest BCUT2D eigenvalue weighted by Gasteiger charge is 2.40. The summed E-state index contributed by atoms with van der Waals surface area (Å²) in [6, 6.07) is 14.8. The summed E-state index contributed by atoms with van der Waals surface area (Å²) < 4.78 is 31.1. The lowest BCUT2D eigenvalue weighted by Crippen LogP contribution is -2.32. The molecule has 0 N–H and O–H groups in total. The van der Waals surface area contributed by atoms with Crippen molar-refractivity contribution in [1.82, 2.24) is 4.31 Å². The van der Waals surface area contributed by atoms with E-state index in [1.807, 2.05) is 12.1 Å². The number of carbonyl (C=O) groups excluding carboxylic acids is 2. The summed E-state index contributed by atoms with van der Waals surface area (Å²) in [6.45, 7) is -0.217. The molecule has 0 aliphatic carbocycles. The van der Waals surface area contributed by atoms with Crippen molar-refractivity contribution in [3.63, 3.8) is 0 Å². The fraction of sp³-hybridized carbons (Fsp3) is 0.111. The standard InChI is InChI=1S/C18H13NO5S/c20-14(16-11-12-5-1-3-7-15(12)24-16)9-10-19-18(21)13-6-2-4-8-17(13)25(19,22)23/h1-8,11H,9-10H2. The molecule has 0 saturated heterocycles. The zero-order chi connectivity index (χ0) is 17.6. The van der Waals surface area contributed by atoms with Gasteiger partial charge in [0.15, 0.2) is 11.5 Å². The van der Waals surface area contributed by atoms with Gasteiger partial charge in [-0.25, -0.2) is 12.7 Å². The van der Waals surface area contributed by atoms with Gasteiger partial charge in [0.25, 0.3) is 15.9 Å². The minimum atomic E-state index is -3.90. The van der Waals surface area contributed by atoms with Gasteiger partial charge in [0.1, 0.15) is 10.5 Å². The van der Waals surface area contributed by atoms with Crippen LogP contribution in [-0.2, 0) is 10.0 Å². The van der Waals surface area contributed by atoms with Crippen molar-refractivity contribution in [1.29, 1.82) is 0 Å². The predicted octanol–water partition coefficient (Wildman–Crippen LogP) is 2.85. The number of Topliss-reactive ketones (excluding diaryl/α,β-unsaturated/α-hetero) is 1. The zero-order valence-electron chi connectivity index (χ0n) is 13.0. The summed E-state index contributed by atoms with van der Waals surface area (Å²) in [5.74, 6) is -0.800. The fourth-order valence-corrected chi connectivity index (χ4v) is 4.47. The van der Waals surface area contributed by atoms with E-state index in [1.54, 1.807) is 30.3 Å². The Labute approximate surface area is 143 Å². The molecule has 4 rings (SSSR count). The van der Waals surface area contributed by atoms with Crippen LogP contribution in [0, 0.1) is 0 Å². The van der Waals surface area contributed by atoms with E-state index in [0.29, 0.717) is 5.58 Å². The van der Waals surface area contributed by atoms with Gasteiger partial charge in [-0.1, -0.05) is 30.3 Å². The molecule has 1 aliphatic rings. The molecule has 1 aliphatic heterocycles. The first kappa shape index (κ1) is 15.6. The second kappa shape index (κ2) is 5.56.